The Labute approximate surface area is 183 Å². The standard InChI is InChI=1S/C22H25ClF3N3O2/c23-17-2-3-18-16(1-4-19(28-18)29-11-14(24)9-15(29)12-30)20(17)21(31)27-10-13-5-7-22(25,26)8-6-13/h1-4,13-15,30H,5-12H2,(H,27,31). The second kappa shape index (κ2) is 8.82. The summed E-state index contributed by atoms with van der Waals surface area (Å²) in [5.74, 6) is -2.43. The number of carbonyl (C=O) groups excluding carboxylic acids is 1. The lowest BCUT2D eigenvalue weighted by Crippen LogP contribution is -2.34. The van der Waals surface area contributed by atoms with Crippen molar-refractivity contribution in [1.82, 2.24) is 10.3 Å². The van der Waals surface area contributed by atoms with E-state index in [4.69, 9.17) is 11.6 Å². The molecule has 1 saturated heterocycles. The Morgan fingerprint density at radius 3 is 2.71 bits per heavy atom. The molecular weight excluding hydrogens is 431 g/mol. The molecule has 9 heteroatoms. The molecule has 1 aliphatic carbocycles. The molecule has 2 atom stereocenters. The predicted molar refractivity (Wildman–Crippen MR) is 114 cm³/mol. The van der Waals surface area contributed by atoms with E-state index in [1.54, 1.807) is 29.2 Å². The third kappa shape index (κ3) is 4.75. The molecule has 0 radical (unpaired) electrons. The van der Waals surface area contributed by atoms with Crippen LogP contribution in [-0.2, 0) is 0 Å². The van der Waals surface area contributed by atoms with Crippen LogP contribution in [0.2, 0.25) is 5.02 Å². The quantitative estimate of drug-likeness (QED) is 0.703. The number of fused-ring (bicyclic) bond motifs is 1. The normalized spacial score (nSPS) is 24.0. The van der Waals surface area contributed by atoms with Gasteiger partial charge in [-0.2, -0.15) is 0 Å². The van der Waals surface area contributed by atoms with Gasteiger partial charge in [-0.25, -0.2) is 18.2 Å². The van der Waals surface area contributed by atoms with Gasteiger partial charge in [0.1, 0.15) is 12.0 Å². The van der Waals surface area contributed by atoms with Crippen LogP contribution in [0.4, 0.5) is 19.0 Å². The summed E-state index contributed by atoms with van der Waals surface area (Å²) < 4.78 is 40.5. The highest BCUT2D eigenvalue weighted by Crippen LogP contribution is 2.36. The fraction of sp³-hybridized carbons (Fsp3) is 0.545. The molecule has 5 nitrogen and oxygen atoms in total. The van der Waals surface area contributed by atoms with E-state index in [2.05, 4.69) is 10.3 Å². The molecule has 2 heterocycles. The Bertz CT molecular complexity index is 964. The molecule has 2 fully saturated rings. The third-order valence-electron chi connectivity index (χ3n) is 6.29. The smallest absolute Gasteiger partial charge is 0.253 e. The summed E-state index contributed by atoms with van der Waals surface area (Å²) in [4.78, 5) is 19.2. The van der Waals surface area contributed by atoms with Gasteiger partial charge in [-0.3, -0.25) is 4.79 Å². The zero-order valence-corrected chi connectivity index (χ0v) is 17.7. The number of aliphatic hydroxyl groups excluding tert-OH is 1. The first-order valence-corrected chi connectivity index (χ1v) is 10.9. The van der Waals surface area contributed by atoms with Crippen LogP contribution in [0.5, 0.6) is 0 Å². The fourth-order valence-electron chi connectivity index (χ4n) is 4.50. The van der Waals surface area contributed by atoms with Gasteiger partial charge in [-0.1, -0.05) is 11.6 Å². The Kier molecular flexibility index (Phi) is 6.30. The van der Waals surface area contributed by atoms with E-state index in [0.717, 1.165) is 0 Å². The zero-order valence-electron chi connectivity index (χ0n) is 17.0. The van der Waals surface area contributed by atoms with Gasteiger partial charge in [-0.15, -0.1) is 0 Å². The van der Waals surface area contributed by atoms with Gasteiger partial charge in [0, 0.05) is 31.2 Å². The minimum atomic E-state index is -2.60. The number of nitrogens with zero attached hydrogens (tertiary/aromatic N) is 2. The van der Waals surface area contributed by atoms with E-state index < -0.39 is 12.1 Å². The number of aromatic nitrogens is 1. The van der Waals surface area contributed by atoms with Crippen LogP contribution >= 0.6 is 11.6 Å². The summed E-state index contributed by atoms with van der Waals surface area (Å²) in [5.41, 5.74) is 0.811. The maximum absolute atomic E-state index is 13.8. The predicted octanol–water partition coefficient (Wildman–Crippen LogP) is 4.35. The monoisotopic (exact) mass is 455 g/mol. The van der Waals surface area contributed by atoms with Crippen molar-refractivity contribution in [3.63, 3.8) is 0 Å². The summed E-state index contributed by atoms with van der Waals surface area (Å²) in [5, 5.41) is 13.2. The molecule has 31 heavy (non-hydrogen) atoms. The lowest BCUT2D eigenvalue weighted by Gasteiger charge is -2.28. The minimum absolute atomic E-state index is 0.0151. The number of anilines is 1. The van der Waals surface area contributed by atoms with Gasteiger partial charge in [0.25, 0.3) is 5.91 Å². The van der Waals surface area contributed by atoms with E-state index in [9.17, 15) is 23.1 Å². The van der Waals surface area contributed by atoms with E-state index in [0.29, 0.717) is 36.1 Å². The van der Waals surface area contributed by atoms with Crippen molar-refractivity contribution in [3.8, 4) is 0 Å². The van der Waals surface area contributed by atoms with Gasteiger partial charge in [0.15, 0.2) is 0 Å². The molecule has 0 bridgehead atoms. The number of halogens is 4. The van der Waals surface area contributed by atoms with E-state index >= 15 is 0 Å². The number of aliphatic hydroxyl groups is 1. The number of amides is 1. The van der Waals surface area contributed by atoms with Gasteiger partial charge in [-0.05, 0) is 43.0 Å². The van der Waals surface area contributed by atoms with Crippen molar-refractivity contribution in [2.24, 2.45) is 5.92 Å². The number of hydrogen-bond acceptors (Lipinski definition) is 4. The van der Waals surface area contributed by atoms with Crippen molar-refractivity contribution >= 4 is 34.2 Å². The summed E-state index contributed by atoms with van der Waals surface area (Å²) in [6, 6.07) is 6.36. The van der Waals surface area contributed by atoms with Crippen LogP contribution in [0.15, 0.2) is 24.3 Å². The minimum Gasteiger partial charge on any atom is -0.394 e. The third-order valence-corrected chi connectivity index (χ3v) is 6.60. The second-order valence-corrected chi connectivity index (χ2v) is 8.90. The molecule has 2 unspecified atom stereocenters. The fourth-order valence-corrected chi connectivity index (χ4v) is 4.75. The molecule has 1 saturated carbocycles. The van der Waals surface area contributed by atoms with Crippen LogP contribution < -0.4 is 10.2 Å². The van der Waals surface area contributed by atoms with Crippen LogP contribution in [-0.4, -0.2) is 53.8 Å². The summed E-state index contributed by atoms with van der Waals surface area (Å²) in [6.07, 6.45) is -0.336. The SMILES string of the molecule is O=C(NCC1CCC(F)(F)CC1)c1c(Cl)ccc2nc(N3CC(F)CC3CO)ccc12. The van der Waals surface area contributed by atoms with Gasteiger partial charge < -0.3 is 15.3 Å². The first-order valence-electron chi connectivity index (χ1n) is 10.5. The van der Waals surface area contributed by atoms with Crippen molar-refractivity contribution in [2.75, 3.05) is 24.6 Å². The first-order chi connectivity index (χ1) is 14.8. The van der Waals surface area contributed by atoms with Crippen LogP contribution in [0.25, 0.3) is 10.9 Å². The molecule has 2 N–H and O–H groups in total. The summed E-state index contributed by atoms with van der Waals surface area (Å²) >= 11 is 6.31. The number of rotatable bonds is 5. The Balaban J connectivity index is 1.52. The molecular formula is C22H25ClF3N3O2. The molecule has 1 aliphatic heterocycles. The average Bonchev–Trinajstić information content (AvgIpc) is 3.13. The average molecular weight is 456 g/mol. The van der Waals surface area contributed by atoms with Crippen molar-refractivity contribution in [2.45, 2.75) is 50.2 Å². The van der Waals surface area contributed by atoms with Crippen molar-refractivity contribution in [3.05, 3.63) is 34.9 Å². The van der Waals surface area contributed by atoms with Gasteiger partial charge in [0.05, 0.1) is 35.3 Å². The van der Waals surface area contributed by atoms with Crippen molar-refractivity contribution < 1.29 is 23.1 Å². The van der Waals surface area contributed by atoms with E-state index in [1.165, 1.54) is 0 Å². The largest absolute Gasteiger partial charge is 0.394 e. The molecule has 4 rings (SSSR count). The van der Waals surface area contributed by atoms with Crippen molar-refractivity contribution in [1.29, 1.82) is 0 Å². The van der Waals surface area contributed by atoms with E-state index in [1.807, 2.05) is 0 Å². The summed E-state index contributed by atoms with van der Waals surface area (Å²) in [6.45, 7) is 0.309. The molecule has 1 aromatic carbocycles. The zero-order chi connectivity index (χ0) is 22.2. The maximum Gasteiger partial charge on any atom is 0.253 e. The number of pyridine rings is 1. The Morgan fingerprint density at radius 1 is 1.26 bits per heavy atom. The number of carbonyl (C=O) groups is 1. The first kappa shape index (κ1) is 22.1. The van der Waals surface area contributed by atoms with Crippen LogP contribution in [0.1, 0.15) is 42.5 Å². The lowest BCUT2D eigenvalue weighted by atomic mass is 9.87. The molecule has 168 valence electrons. The van der Waals surface area contributed by atoms with Crippen LogP contribution in [0, 0.1) is 5.92 Å². The molecule has 1 aromatic heterocycles. The highest BCUT2D eigenvalue weighted by atomic mass is 35.5. The second-order valence-electron chi connectivity index (χ2n) is 8.49. The topological polar surface area (TPSA) is 65.5 Å². The molecule has 0 spiro atoms. The Morgan fingerprint density at radius 2 is 2.00 bits per heavy atom. The molecule has 2 aromatic rings. The molecule has 1 amide bonds. The van der Waals surface area contributed by atoms with Gasteiger partial charge in [0.2, 0.25) is 5.92 Å². The number of alkyl halides is 3. The number of hydrogen-bond donors (Lipinski definition) is 2. The maximum atomic E-state index is 13.8. The van der Waals surface area contributed by atoms with Crippen LogP contribution in [0.3, 0.4) is 0 Å². The van der Waals surface area contributed by atoms with E-state index in [-0.39, 0.29) is 60.9 Å². The Hall–Kier alpha value is -2.06. The molecule has 2 aliphatic rings. The lowest BCUT2D eigenvalue weighted by molar-refractivity contribution is -0.0452. The van der Waals surface area contributed by atoms with Gasteiger partial charge >= 0.3 is 0 Å². The highest BCUT2D eigenvalue weighted by molar-refractivity contribution is 6.35. The summed E-state index contributed by atoms with van der Waals surface area (Å²) in [7, 11) is 0. The number of benzene rings is 1. The number of nitrogens with one attached hydrogen (secondary N) is 1. The highest BCUT2D eigenvalue weighted by Gasteiger charge is 2.35.